The largest absolute Gasteiger partial charge is 0.465 e. The van der Waals surface area contributed by atoms with Crippen LogP contribution in [0.3, 0.4) is 0 Å². The monoisotopic (exact) mass is 395 g/mol. The number of esters is 1. The molecule has 150 valence electrons. The Labute approximate surface area is 167 Å². The third-order valence-corrected chi connectivity index (χ3v) is 4.84. The molecule has 1 aliphatic rings. The SMILES string of the molecule is CC(=O)OCCc1nc(-c2ccc3c(c2)CC[C@H]3NC(=O)c2cnn(C)c2)no1. The van der Waals surface area contributed by atoms with Gasteiger partial charge >= 0.3 is 5.97 Å². The summed E-state index contributed by atoms with van der Waals surface area (Å²) in [7, 11) is 1.78. The van der Waals surface area contributed by atoms with Crippen molar-refractivity contribution in [3.05, 3.63) is 53.2 Å². The molecule has 2 heterocycles. The molecule has 0 spiro atoms. The molecule has 0 fully saturated rings. The topological polar surface area (TPSA) is 112 Å². The van der Waals surface area contributed by atoms with E-state index in [1.54, 1.807) is 24.1 Å². The number of carbonyl (C=O) groups excluding carboxylic acids is 2. The first-order valence-electron chi connectivity index (χ1n) is 9.38. The van der Waals surface area contributed by atoms with Gasteiger partial charge in [-0.25, -0.2) is 0 Å². The van der Waals surface area contributed by atoms with Gasteiger partial charge in [0.25, 0.3) is 5.91 Å². The van der Waals surface area contributed by atoms with Gasteiger partial charge in [-0.05, 0) is 30.0 Å². The molecule has 1 N–H and O–H groups in total. The maximum Gasteiger partial charge on any atom is 0.302 e. The lowest BCUT2D eigenvalue weighted by atomic mass is 10.0. The van der Waals surface area contributed by atoms with E-state index in [1.807, 2.05) is 18.2 Å². The average Bonchev–Trinajstić information content (AvgIpc) is 3.41. The van der Waals surface area contributed by atoms with Crippen LogP contribution in [0.15, 0.2) is 35.1 Å². The molecule has 4 rings (SSSR count). The Morgan fingerprint density at radius 3 is 3.00 bits per heavy atom. The molecule has 0 saturated heterocycles. The van der Waals surface area contributed by atoms with Crippen molar-refractivity contribution in [1.82, 2.24) is 25.2 Å². The Bertz CT molecular complexity index is 1050. The molecule has 1 atom stereocenters. The highest BCUT2D eigenvalue weighted by Crippen LogP contribution is 2.34. The number of aromatic nitrogens is 4. The number of hydrogen-bond acceptors (Lipinski definition) is 7. The Morgan fingerprint density at radius 1 is 1.38 bits per heavy atom. The molecule has 9 nitrogen and oxygen atoms in total. The molecule has 3 aromatic rings. The third kappa shape index (κ3) is 4.18. The summed E-state index contributed by atoms with van der Waals surface area (Å²) in [6, 6.07) is 5.93. The molecule has 1 aromatic carbocycles. The molecular formula is C20H21N5O4. The number of benzene rings is 1. The number of nitrogens with zero attached hydrogens (tertiary/aromatic N) is 4. The van der Waals surface area contributed by atoms with Gasteiger partial charge in [0.1, 0.15) is 6.61 Å². The van der Waals surface area contributed by atoms with Gasteiger partial charge in [0.05, 0.1) is 24.2 Å². The zero-order valence-electron chi connectivity index (χ0n) is 16.2. The zero-order chi connectivity index (χ0) is 20.4. The van der Waals surface area contributed by atoms with Gasteiger partial charge in [-0.15, -0.1) is 0 Å². The van der Waals surface area contributed by atoms with E-state index in [-0.39, 0.29) is 24.5 Å². The highest BCUT2D eigenvalue weighted by molar-refractivity contribution is 5.94. The number of rotatable bonds is 6. The van der Waals surface area contributed by atoms with E-state index in [0.29, 0.717) is 23.7 Å². The van der Waals surface area contributed by atoms with Crippen LogP contribution in [0.1, 0.15) is 46.8 Å². The van der Waals surface area contributed by atoms with Crippen molar-refractivity contribution >= 4 is 11.9 Å². The molecule has 1 aliphatic carbocycles. The van der Waals surface area contributed by atoms with Gasteiger partial charge in [-0.3, -0.25) is 14.3 Å². The van der Waals surface area contributed by atoms with Crippen molar-refractivity contribution in [3.8, 4) is 11.4 Å². The van der Waals surface area contributed by atoms with E-state index in [9.17, 15) is 9.59 Å². The molecule has 0 bridgehead atoms. The second-order valence-electron chi connectivity index (χ2n) is 6.98. The fourth-order valence-corrected chi connectivity index (χ4v) is 3.44. The molecule has 29 heavy (non-hydrogen) atoms. The molecule has 9 heteroatoms. The lowest BCUT2D eigenvalue weighted by molar-refractivity contribution is -0.140. The number of amides is 1. The first-order valence-corrected chi connectivity index (χ1v) is 9.38. The van der Waals surface area contributed by atoms with Crippen molar-refractivity contribution in [2.75, 3.05) is 6.61 Å². The quantitative estimate of drug-likeness (QED) is 0.635. The van der Waals surface area contributed by atoms with Crippen LogP contribution in [0.2, 0.25) is 0 Å². The van der Waals surface area contributed by atoms with Crippen LogP contribution in [-0.4, -0.2) is 38.4 Å². The van der Waals surface area contributed by atoms with E-state index in [4.69, 9.17) is 9.26 Å². The predicted molar refractivity (Wildman–Crippen MR) is 102 cm³/mol. The third-order valence-electron chi connectivity index (χ3n) is 4.84. The highest BCUT2D eigenvalue weighted by Gasteiger charge is 2.25. The molecule has 2 aromatic heterocycles. The van der Waals surface area contributed by atoms with E-state index >= 15 is 0 Å². The summed E-state index contributed by atoms with van der Waals surface area (Å²) in [5, 5.41) is 11.1. The zero-order valence-corrected chi connectivity index (χ0v) is 16.2. The standard InChI is InChI=1S/C20H21N5O4/c1-12(26)28-8-7-18-23-19(24-29-18)14-3-5-16-13(9-14)4-6-17(16)22-20(27)15-10-21-25(2)11-15/h3,5,9-11,17H,4,6-8H2,1-2H3,(H,22,27)/t17-/m1/s1. The van der Waals surface area contributed by atoms with Gasteiger partial charge in [0.2, 0.25) is 11.7 Å². The van der Waals surface area contributed by atoms with Crippen molar-refractivity contribution in [3.63, 3.8) is 0 Å². The van der Waals surface area contributed by atoms with Crippen LogP contribution >= 0.6 is 0 Å². The summed E-state index contributed by atoms with van der Waals surface area (Å²) in [6.45, 7) is 1.57. The van der Waals surface area contributed by atoms with Crippen LogP contribution in [0.4, 0.5) is 0 Å². The molecular weight excluding hydrogens is 374 g/mol. The second kappa shape index (κ2) is 7.86. The van der Waals surface area contributed by atoms with Crippen molar-refractivity contribution in [1.29, 1.82) is 0 Å². The lowest BCUT2D eigenvalue weighted by Gasteiger charge is -2.13. The number of hydrogen-bond donors (Lipinski definition) is 1. The van der Waals surface area contributed by atoms with Crippen LogP contribution < -0.4 is 5.32 Å². The summed E-state index contributed by atoms with van der Waals surface area (Å²) in [4.78, 5) is 27.6. The highest BCUT2D eigenvalue weighted by atomic mass is 16.5. The number of aryl methyl sites for hydroxylation is 2. The van der Waals surface area contributed by atoms with Gasteiger partial charge in [0.15, 0.2) is 0 Å². The smallest absolute Gasteiger partial charge is 0.302 e. The first-order chi connectivity index (χ1) is 14.0. The number of ether oxygens (including phenoxy) is 1. The molecule has 0 radical (unpaired) electrons. The summed E-state index contributed by atoms with van der Waals surface area (Å²) >= 11 is 0. The molecule has 0 saturated carbocycles. The second-order valence-corrected chi connectivity index (χ2v) is 6.98. The summed E-state index contributed by atoms with van der Waals surface area (Å²) in [5.41, 5.74) is 3.66. The minimum atomic E-state index is -0.339. The number of fused-ring (bicyclic) bond motifs is 1. The van der Waals surface area contributed by atoms with Gasteiger partial charge < -0.3 is 14.6 Å². The normalized spacial score (nSPS) is 15.2. The maximum atomic E-state index is 12.4. The molecule has 0 unspecified atom stereocenters. The Kier molecular flexibility index (Phi) is 5.11. The Balaban J connectivity index is 1.44. The van der Waals surface area contributed by atoms with Crippen LogP contribution in [0.25, 0.3) is 11.4 Å². The van der Waals surface area contributed by atoms with Crippen LogP contribution in [0.5, 0.6) is 0 Å². The maximum absolute atomic E-state index is 12.4. The van der Waals surface area contributed by atoms with Gasteiger partial charge in [-0.1, -0.05) is 17.3 Å². The van der Waals surface area contributed by atoms with E-state index in [1.165, 1.54) is 6.92 Å². The van der Waals surface area contributed by atoms with Crippen molar-refractivity contribution in [2.24, 2.45) is 7.05 Å². The minimum absolute atomic E-state index is 0.0312. The van der Waals surface area contributed by atoms with E-state index < -0.39 is 0 Å². The Morgan fingerprint density at radius 2 is 2.24 bits per heavy atom. The summed E-state index contributed by atoms with van der Waals surface area (Å²) in [6.07, 6.45) is 5.33. The fourth-order valence-electron chi connectivity index (χ4n) is 3.44. The van der Waals surface area contributed by atoms with Crippen LogP contribution in [0, 0.1) is 0 Å². The predicted octanol–water partition coefficient (Wildman–Crippen LogP) is 1.99. The summed E-state index contributed by atoms with van der Waals surface area (Å²) in [5.74, 6) is 0.445. The number of nitrogens with one attached hydrogen (secondary N) is 1. The van der Waals surface area contributed by atoms with Gasteiger partial charge in [-0.2, -0.15) is 10.1 Å². The Hall–Kier alpha value is -3.49. The molecule has 0 aliphatic heterocycles. The average molecular weight is 395 g/mol. The van der Waals surface area contributed by atoms with E-state index in [2.05, 4.69) is 20.6 Å². The van der Waals surface area contributed by atoms with Crippen LogP contribution in [-0.2, 0) is 29.4 Å². The summed E-state index contributed by atoms with van der Waals surface area (Å²) < 4.78 is 11.7. The first kappa shape index (κ1) is 18.9. The van der Waals surface area contributed by atoms with Crippen molar-refractivity contribution in [2.45, 2.75) is 32.2 Å². The molecule has 1 amide bonds. The van der Waals surface area contributed by atoms with Gasteiger partial charge in [0, 0.05) is 25.7 Å². The van der Waals surface area contributed by atoms with Crippen molar-refractivity contribution < 1.29 is 18.8 Å². The lowest BCUT2D eigenvalue weighted by Crippen LogP contribution is -2.26. The van der Waals surface area contributed by atoms with E-state index in [0.717, 1.165) is 29.5 Å². The minimum Gasteiger partial charge on any atom is -0.465 e. The fraction of sp³-hybridized carbons (Fsp3) is 0.350. The number of carbonyl (C=O) groups is 2.